The predicted octanol–water partition coefficient (Wildman–Crippen LogP) is 2.53. The first-order valence-corrected chi connectivity index (χ1v) is 7.66. The number of nitro groups is 1. The van der Waals surface area contributed by atoms with E-state index in [9.17, 15) is 19.7 Å². The van der Waals surface area contributed by atoms with Gasteiger partial charge in [0.2, 0.25) is 0 Å². The summed E-state index contributed by atoms with van der Waals surface area (Å²) in [6.07, 6.45) is 1.55. The third-order valence-corrected chi connectivity index (χ3v) is 3.25. The van der Waals surface area contributed by atoms with Crippen LogP contribution in [-0.2, 0) is 4.79 Å². The lowest BCUT2D eigenvalue weighted by atomic mass is 10.1. The fourth-order valence-electron chi connectivity index (χ4n) is 2.07. The molecule has 8 heteroatoms. The zero-order valence-corrected chi connectivity index (χ0v) is 13.8. The number of non-ortho nitro benzene ring substituents is 1. The first kappa shape index (κ1) is 18.7. The van der Waals surface area contributed by atoms with E-state index < -0.39 is 10.8 Å². The monoisotopic (exact) mass is 355 g/mol. The lowest BCUT2D eigenvalue weighted by Crippen LogP contribution is -2.26. The third-order valence-electron chi connectivity index (χ3n) is 3.25. The average molecular weight is 355 g/mol. The van der Waals surface area contributed by atoms with E-state index >= 15 is 0 Å². The number of rotatable bonds is 8. The maximum absolute atomic E-state index is 12.1. The molecular formula is C18H17N3O5. The van der Waals surface area contributed by atoms with Gasteiger partial charge in [0.1, 0.15) is 5.75 Å². The van der Waals surface area contributed by atoms with E-state index in [1.54, 1.807) is 30.3 Å². The second-order valence-corrected chi connectivity index (χ2v) is 5.14. The van der Waals surface area contributed by atoms with Gasteiger partial charge in [-0.25, -0.2) is 0 Å². The quantitative estimate of drug-likeness (QED) is 0.429. The highest BCUT2D eigenvalue weighted by Gasteiger charge is 2.13. The molecule has 0 unspecified atom stereocenters. The van der Waals surface area contributed by atoms with Crippen LogP contribution in [0.3, 0.4) is 0 Å². The number of hydrogen-bond acceptors (Lipinski definition) is 5. The van der Waals surface area contributed by atoms with Crippen LogP contribution in [0.4, 0.5) is 11.4 Å². The average Bonchev–Trinajstić information content (AvgIpc) is 2.65. The van der Waals surface area contributed by atoms with Crippen molar-refractivity contribution in [1.29, 1.82) is 0 Å². The minimum Gasteiger partial charge on any atom is -0.484 e. The number of ether oxygens (including phenoxy) is 1. The van der Waals surface area contributed by atoms with Gasteiger partial charge in [-0.3, -0.25) is 19.7 Å². The Morgan fingerprint density at radius 3 is 2.69 bits per heavy atom. The van der Waals surface area contributed by atoms with Crippen LogP contribution in [0.25, 0.3) is 0 Å². The summed E-state index contributed by atoms with van der Waals surface area (Å²) < 4.78 is 5.27. The number of anilines is 1. The van der Waals surface area contributed by atoms with E-state index in [4.69, 9.17) is 4.74 Å². The van der Waals surface area contributed by atoms with Crippen molar-refractivity contribution < 1.29 is 19.2 Å². The molecule has 2 aromatic carbocycles. The molecule has 0 aliphatic heterocycles. The molecule has 0 spiro atoms. The minimum absolute atomic E-state index is 0.132. The Labute approximate surface area is 149 Å². The van der Waals surface area contributed by atoms with E-state index in [2.05, 4.69) is 17.2 Å². The highest BCUT2D eigenvalue weighted by Crippen LogP contribution is 2.19. The van der Waals surface area contributed by atoms with Crippen molar-refractivity contribution in [2.24, 2.45) is 0 Å². The van der Waals surface area contributed by atoms with Gasteiger partial charge in [-0.05, 0) is 18.2 Å². The summed E-state index contributed by atoms with van der Waals surface area (Å²) in [7, 11) is 0. The fourth-order valence-corrected chi connectivity index (χ4v) is 2.07. The SMILES string of the molecule is C=CCNC(=O)c1ccccc1NC(=O)COc1cccc([N+](=O)[O-])c1. The van der Waals surface area contributed by atoms with Crippen LogP contribution in [-0.4, -0.2) is 29.9 Å². The molecule has 0 aliphatic carbocycles. The van der Waals surface area contributed by atoms with Crippen LogP contribution in [0.15, 0.2) is 61.2 Å². The van der Waals surface area contributed by atoms with Crippen molar-refractivity contribution in [3.05, 3.63) is 76.9 Å². The Morgan fingerprint density at radius 2 is 1.96 bits per heavy atom. The number of para-hydroxylation sites is 1. The van der Waals surface area contributed by atoms with Gasteiger partial charge in [0.05, 0.1) is 22.2 Å². The minimum atomic E-state index is -0.551. The Kier molecular flexibility index (Phi) is 6.44. The molecule has 0 aromatic heterocycles. The second kappa shape index (κ2) is 8.97. The smallest absolute Gasteiger partial charge is 0.273 e. The van der Waals surface area contributed by atoms with Crippen molar-refractivity contribution >= 4 is 23.2 Å². The number of carbonyl (C=O) groups is 2. The van der Waals surface area contributed by atoms with Gasteiger partial charge in [0.25, 0.3) is 17.5 Å². The molecule has 0 heterocycles. The molecule has 26 heavy (non-hydrogen) atoms. The zero-order valence-electron chi connectivity index (χ0n) is 13.8. The van der Waals surface area contributed by atoms with Gasteiger partial charge in [-0.2, -0.15) is 0 Å². The highest BCUT2D eigenvalue weighted by atomic mass is 16.6. The summed E-state index contributed by atoms with van der Waals surface area (Å²) in [4.78, 5) is 34.3. The summed E-state index contributed by atoms with van der Waals surface area (Å²) >= 11 is 0. The Morgan fingerprint density at radius 1 is 1.19 bits per heavy atom. The van der Waals surface area contributed by atoms with Crippen LogP contribution in [0, 0.1) is 10.1 Å². The Bertz CT molecular complexity index is 835. The number of nitro benzene ring substituents is 1. The number of nitrogens with zero attached hydrogens (tertiary/aromatic N) is 1. The molecule has 2 aromatic rings. The van der Waals surface area contributed by atoms with Crippen LogP contribution < -0.4 is 15.4 Å². The third kappa shape index (κ3) is 5.17. The molecule has 8 nitrogen and oxygen atoms in total. The number of carbonyl (C=O) groups excluding carboxylic acids is 2. The van der Waals surface area contributed by atoms with Crippen molar-refractivity contribution in [1.82, 2.24) is 5.32 Å². The number of benzene rings is 2. The number of hydrogen-bond donors (Lipinski definition) is 2. The van der Waals surface area contributed by atoms with Crippen LogP contribution in [0.5, 0.6) is 5.75 Å². The molecule has 2 amide bonds. The van der Waals surface area contributed by atoms with Gasteiger partial charge in [-0.15, -0.1) is 6.58 Å². The molecule has 0 saturated carbocycles. The van der Waals surface area contributed by atoms with Crippen molar-refractivity contribution in [3.63, 3.8) is 0 Å². The van der Waals surface area contributed by atoms with E-state index in [-0.39, 0.29) is 24.0 Å². The van der Waals surface area contributed by atoms with E-state index in [0.717, 1.165) is 0 Å². The Balaban J connectivity index is 2.00. The molecule has 0 saturated heterocycles. The fraction of sp³-hybridized carbons (Fsp3) is 0.111. The molecule has 0 aliphatic rings. The maximum Gasteiger partial charge on any atom is 0.273 e. The van der Waals surface area contributed by atoms with Crippen LogP contribution in [0.1, 0.15) is 10.4 Å². The predicted molar refractivity (Wildman–Crippen MR) is 96.2 cm³/mol. The van der Waals surface area contributed by atoms with Gasteiger partial charge < -0.3 is 15.4 Å². The van der Waals surface area contributed by atoms with Gasteiger partial charge in [-0.1, -0.05) is 24.3 Å². The van der Waals surface area contributed by atoms with Gasteiger partial charge >= 0.3 is 0 Å². The molecule has 0 radical (unpaired) electrons. The maximum atomic E-state index is 12.1. The van der Waals surface area contributed by atoms with Crippen LogP contribution >= 0.6 is 0 Å². The van der Waals surface area contributed by atoms with Gasteiger partial charge in [0.15, 0.2) is 6.61 Å². The van der Waals surface area contributed by atoms with Crippen molar-refractivity contribution in [2.45, 2.75) is 0 Å². The topological polar surface area (TPSA) is 111 Å². The number of amides is 2. The highest BCUT2D eigenvalue weighted by molar-refractivity contribution is 6.04. The molecule has 2 N–H and O–H groups in total. The summed E-state index contributed by atoms with van der Waals surface area (Å²) in [6, 6.07) is 12.1. The first-order valence-electron chi connectivity index (χ1n) is 7.66. The molecule has 2 rings (SSSR count). The summed E-state index contributed by atoms with van der Waals surface area (Å²) in [6.45, 7) is 3.47. The molecular weight excluding hydrogens is 338 g/mol. The molecule has 134 valence electrons. The summed E-state index contributed by atoms with van der Waals surface area (Å²) in [5.74, 6) is -0.646. The largest absolute Gasteiger partial charge is 0.484 e. The standard InChI is InChI=1S/C18H17N3O5/c1-2-10-19-18(23)15-8-3-4-9-16(15)20-17(22)12-26-14-7-5-6-13(11-14)21(24)25/h2-9,11H,1,10,12H2,(H,19,23)(H,20,22). The van der Waals surface area contributed by atoms with Gasteiger partial charge in [0, 0.05) is 12.6 Å². The van der Waals surface area contributed by atoms with E-state index in [1.165, 1.54) is 24.3 Å². The summed E-state index contributed by atoms with van der Waals surface area (Å²) in [5, 5.41) is 16.0. The lowest BCUT2D eigenvalue weighted by molar-refractivity contribution is -0.384. The molecule has 0 bridgehead atoms. The lowest BCUT2D eigenvalue weighted by Gasteiger charge is -2.11. The van der Waals surface area contributed by atoms with Crippen LogP contribution in [0.2, 0.25) is 0 Å². The Hall–Kier alpha value is -3.68. The number of nitrogens with one attached hydrogen (secondary N) is 2. The van der Waals surface area contributed by atoms with Crippen molar-refractivity contribution in [2.75, 3.05) is 18.5 Å². The zero-order chi connectivity index (χ0) is 18.9. The van der Waals surface area contributed by atoms with E-state index in [1.807, 2.05) is 0 Å². The molecule has 0 atom stereocenters. The molecule has 0 fully saturated rings. The summed E-state index contributed by atoms with van der Waals surface area (Å²) in [5.41, 5.74) is 0.506. The first-order chi connectivity index (χ1) is 12.5. The second-order valence-electron chi connectivity index (χ2n) is 5.14. The van der Waals surface area contributed by atoms with Crippen molar-refractivity contribution in [3.8, 4) is 5.75 Å². The normalized spacial score (nSPS) is 9.85. The van der Waals surface area contributed by atoms with E-state index in [0.29, 0.717) is 17.8 Å².